The Morgan fingerprint density at radius 3 is 2.88 bits per heavy atom. The second-order valence-electron chi connectivity index (χ2n) is 7.07. The van der Waals surface area contributed by atoms with E-state index in [9.17, 15) is 0 Å². The molecule has 0 aromatic heterocycles. The van der Waals surface area contributed by atoms with Gasteiger partial charge in [-0.1, -0.05) is 24.8 Å². The molecule has 3 nitrogen and oxygen atoms in total. The number of hydrogen-bond donors (Lipinski definition) is 1. The third kappa shape index (κ3) is 2.54. The molecule has 2 aromatic carbocycles. The summed E-state index contributed by atoms with van der Waals surface area (Å²) in [6, 6.07) is 14.6. The normalized spacial score (nSPS) is 20.3. The van der Waals surface area contributed by atoms with Crippen LogP contribution in [-0.4, -0.2) is 12.2 Å². The van der Waals surface area contributed by atoms with Crippen LogP contribution < -0.4 is 14.8 Å². The van der Waals surface area contributed by atoms with Crippen molar-refractivity contribution in [1.82, 2.24) is 5.32 Å². The molecular formula is C21H23NO2. The lowest BCUT2D eigenvalue weighted by Crippen LogP contribution is -2.38. The van der Waals surface area contributed by atoms with Crippen LogP contribution in [0.5, 0.6) is 11.5 Å². The van der Waals surface area contributed by atoms with E-state index in [0.29, 0.717) is 0 Å². The number of ether oxygens (including phenoxy) is 2. The highest BCUT2D eigenvalue weighted by Gasteiger charge is 2.41. The Balaban J connectivity index is 1.60. The first kappa shape index (κ1) is 15.1. The third-order valence-electron chi connectivity index (χ3n) is 4.87. The minimum absolute atomic E-state index is 0.0773. The second kappa shape index (κ2) is 5.59. The number of hydrogen-bond acceptors (Lipinski definition) is 3. The fourth-order valence-corrected chi connectivity index (χ4v) is 3.59. The molecule has 1 atom stereocenters. The average Bonchev–Trinajstić information content (AvgIpc) is 2.84. The molecule has 0 aliphatic carbocycles. The van der Waals surface area contributed by atoms with Crippen molar-refractivity contribution in [3.63, 3.8) is 0 Å². The lowest BCUT2D eigenvalue weighted by Gasteiger charge is -2.29. The van der Waals surface area contributed by atoms with E-state index in [-0.39, 0.29) is 11.6 Å². The first-order valence-electron chi connectivity index (χ1n) is 8.54. The fraction of sp³-hybridized carbons (Fsp3) is 0.333. The molecule has 0 bridgehead atoms. The van der Waals surface area contributed by atoms with Crippen molar-refractivity contribution in [2.45, 2.75) is 38.3 Å². The third-order valence-corrected chi connectivity index (χ3v) is 4.87. The molecular weight excluding hydrogens is 298 g/mol. The predicted molar refractivity (Wildman–Crippen MR) is 96.3 cm³/mol. The maximum Gasteiger partial charge on any atom is 0.128 e. The highest BCUT2D eigenvalue weighted by molar-refractivity contribution is 5.65. The zero-order valence-corrected chi connectivity index (χ0v) is 14.3. The number of aryl methyl sites for hydroxylation is 1. The molecule has 4 rings (SSSR count). The van der Waals surface area contributed by atoms with E-state index in [2.05, 4.69) is 56.1 Å². The topological polar surface area (TPSA) is 30.5 Å². The van der Waals surface area contributed by atoms with Crippen LogP contribution in [0.4, 0.5) is 0 Å². The largest absolute Gasteiger partial charge is 0.493 e. The summed E-state index contributed by atoms with van der Waals surface area (Å²) >= 11 is 0. The summed E-state index contributed by atoms with van der Waals surface area (Å²) in [7, 11) is 0. The van der Waals surface area contributed by atoms with Crippen LogP contribution in [0.2, 0.25) is 0 Å². The minimum atomic E-state index is -0.316. The molecule has 2 aromatic rings. The summed E-state index contributed by atoms with van der Waals surface area (Å²) in [6.07, 6.45) is 2.14. The lowest BCUT2D eigenvalue weighted by atomic mass is 9.93. The number of nitrogens with one attached hydrogen (secondary N) is 1. The van der Waals surface area contributed by atoms with E-state index < -0.39 is 0 Å². The minimum Gasteiger partial charge on any atom is -0.493 e. The molecule has 0 amide bonds. The second-order valence-corrected chi connectivity index (χ2v) is 7.07. The van der Waals surface area contributed by atoms with Crippen LogP contribution in [0.15, 0.2) is 49.0 Å². The number of para-hydroxylation sites is 1. The summed E-state index contributed by atoms with van der Waals surface area (Å²) in [6.45, 7) is 9.30. The molecule has 0 saturated carbocycles. The van der Waals surface area contributed by atoms with Gasteiger partial charge in [-0.3, -0.25) is 0 Å². The van der Waals surface area contributed by atoms with Crippen molar-refractivity contribution in [3.05, 3.63) is 65.7 Å². The SMILES string of the molecule is C=C(NC1c2ccccc2OC1(C)C)c1ccc2c(c1)CCCO2. The maximum absolute atomic E-state index is 6.11. The van der Waals surface area contributed by atoms with E-state index in [1.165, 1.54) is 11.1 Å². The van der Waals surface area contributed by atoms with E-state index in [1.807, 2.05) is 12.1 Å². The summed E-state index contributed by atoms with van der Waals surface area (Å²) in [5.74, 6) is 1.96. The molecule has 2 heterocycles. The van der Waals surface area contributed by atoms with Crippen LogP contribution in [0.25, 0.3) is 5.70 Å². The molecule has 1 N–H and O–H groups in total. The molecule has 3 heteroatoms. The van der Waals surface area contributed by atoms with E-state index in [4.69, 9.17) is 9.47 Å². The summed E-state index contributed by atoms with van der Waals surface area (Å²) in [4.78, 5) is 0. The first-order chi connectivity index (χ1) is 11.5. The van der Waals surface area contributed by atoms with E-state index >= 15 is 0 Å². The van der Waals surface area contributed by atoms with Gasteiger partial charge in [-0.05, 0) is 62.1 Å². The Morgan fingerprint density at radius 2 is 2.00 bits per heavy atom. The van der Waals surface area contributed by atoms with E-state index in [1.54, 1.807) is 0 Å². The first-order valence-corrected chi connectivity index (χ1v) is 8.54. The zero-order chi connectivity index (χ0) is 16.7. The van der Waals surface area contributed by atoms with Crippen LogP contribution in [0.3, 0.4) is 0 Å². The van der Waals surface area contributed by atoms with Crippen LogP contribution in [0, 0.1) is 0 Å². The van der Waals surface area contributed by atoms with Crippen molar-refractivity contribution < 1.29 is 9.47 Å². The van der Waals surface area contributed by atoms with Crippen LogP contribution >= 0.6 is 0 Å². The number of rotatable bonds is 3. The van der Waals surface area contributed by atoms with E-state index in [0.717, 1.165) is 42.2 Å². The monoisotopic (exact) mass is 321 g/mol. The Morgan fingerprint density at radius 1 is 1.17 bits per heavy atom. The Kier molecular flexibility index (Phi) is 3.52. The van der Waals surface area contributed by atoms with Crippen molar-refractivity contribution in [1.29, 1.82) is 0 Å². The van der Waals surface area contributed by atoms with Crippen molar-refractivity contribution in [2.24, 2.45) is 0 Å². The molecule has 2 aliphatic heterocycles. The standard InChI is InChI=1S/C21H23NO2/c1-14(15-10-11-18-16(13-15)7-6-12-23-18)22-20-17-8-4-5-9-19(17)24-21(20,2)3/h4-5,8-11,13,20,22H,1,6-7,12H2,2-3H3. The Bertz CT molecular complexity index is 794. The molecule has 0 fully saturated rings. The van der Waals surface area contributed by atoms with Gasteiger partial charge in [-0.2, -0.15) is 0 Å². The van der Waals surface area contributed by atoms with Crippen molar-refractivity contribution in [2.75, 3.05) is 6.61 Å². The molecule has 2 aliphatic rings. The molecule has 124 valence electrons. The summed E-state index contributed by atoms with van der Waals surface area (Å²) in [5, 5.41) is 3.59. The quantitative estimate of drug-likeness (QED) is 0.904. The van der Waals surface area contributed by atoms with Gasteiger partial charge in [0.25, 0.3) is 0 Å². The van der Waals surface area contributed by atoms with Gasteiger partial charge in [0.15, 0.2) is 0 Å². The van der Waals surface area contributed by atoms with Crippen molar-refractivity contribution in [3.8, 4) is 11.5 Å². The molecule has 24 heavy (non-hydrogen) atoms. The van der Waals surface area contributed by atoms with Gasteiger partial charge in [-0.15, -0.1) is 0 Å². The van der Waals surface area contributed by atoms with Gasteiger partial charge in [0.1, 0.15) is 17.1 Å². The number of fused-ring (bicyclic) bond motifs is 2. The predicted octanol–water partition coefficient (Wildman–Crippen LogP) is 4.48. The van der Waals surface area contributed by atoms with Crippen molar-refractivity contribution >= 4 is 5.70 Å². The lowest BCUT2D eigenvalue weighted by molar-refractivity contribution is 0.103. The molecule has 0 radical (unpaired) electrons. The van der Waals surface area contributed by atoms with Gasteiger partial charge >= 0.3 is 0 Å². The summed E-state index contributed by atoms with van der Waals surface area (Å²) < 4.78 is 11.8. The maximum atomic E-state index is 6.11. The van der Waals surface area contributed by atoms with Crippen LogP contribution in [0.1, 0.15) is 43.0 Å². The van der Waals surface area contributed by atoms with Gasteiger partial charge in [0.2, 0.25) is 0 Å². The fourth-order valence-electron chi connectivity index (χ4n) is 3.59. The van der Waals surface area contributed by atoms with Gasteiger partial charge in [-0.25, -0.2) is 0 Å². The zero-order valence-electron chi connectivity index (χ0n) is 14.3. The van der Waals surface area contributed by atoms with Gasteiger partial charge < -0.3 is 14.8 Å². The van der Waals surface area contributed by atoms with Gasteiger partial charge in [0.05, 0.1) is 12.6 Å². The Labute approximate surface area is 143 Å². The van der Waals surface area contributed by atoms with Gasteiger partial charge in [0, 0.05) is 11.3 Å². The van der Waals surface area contributed by atoms with Crippen LogP contribution in [-0.2, 0) is 6.42 Å². The smallest absolute Gasteiger partial charge is 0.128 e. The summed E-state index contributed by atoms with van der Waals surface area (Å²) in [5.41, 5.74) is 4.17. The highest BCUT2D eigenvalue weighted by atomic mass is 16.5. The molecule has 0 saturated heterocycles. The molecule has 1 unspecified atom stereocenters. The Hall–Kier alpha value is -2.42. The average molecular weight is 321 g/mol. The molecule has 0 spiro atoms. The number of benzene rings is 2. The highest BCUT2D eigenvalue weighted by Crippen LogP contribution is 2.43.